The number of hydrogen-bond donors (Lipinski definition) is 2. The van der Waals surface area contributed by atoms with E-state index in [1.54, 1.807) is 23.1 Å². The highest BCUT2D eigenvalue weighted by atomic mass is 35.5. The van der Waals surface area contributed by atoms with Gasteiger partial charge in [-0.05, 0) is 31.0 Å². The highest BCUT2D eigenvalue weighted by Crippen LogP contribution is 2.28. The summed E-state index contributed by atoms with van der Waals surface area (Å²) in [6, 6.07) is 4.78. The van der Waals surface area contributed by atoms with Crippen LogP contribution in [0.5, 0.6) is 5.75 Å². The van der Waals surface area contributed by atoms with E-state index < -0.39 is 6.10 Å². The van der Waals surface area contributed by atoms with Gasteiger partial charge >= 0.3 is 6.03 Å². The number of nitrogens with zero attached hydrogens (tertiary/aromatic N) is 1. The molecule has 104 valence electrons. The van der Waals surface area contributed by atoms with Gasteiger partial charge < -0.3 is 20.1 Å². The molecule has 0 radical (unpaired) electrons. The lowest BCUT2D eigenvalue weighted by molar-refractivity contribution is 0.0883. The van der Waals surface area contributed by atoms with E-state index in [4.69, 9.17) is 16.3 Å². The van der Waals surface area contributed by atoms with Gasteiger partial charge in [-0.25, -0.2) is 4.79 Å². The van der Waals surface area contributed by atoms with Gasteiger partial charge in [0.05, 0.1) is 18.9 Å². The van der Waals surface area contributed by atoms with Crippen molar-refractivity contribution >= 4 is 23.3 Å². The van der Waals surface area contributed by atoms with Crippen LogP contribution < -0.4 is 10.1 Å². The SMILES string of the molecule is COc1ccc(Cl)cc1NC(=O)N1CCC[C@H](O)C1. The molecular formula is C13H17ClN2O3. The van der Waals surface area contributed by atoms with Crippen molar-refractivity contribution in [2.75, 3.05) is 25.5 Å². The van der Waals surface area contributed by atoms with Crippen molar-refractivity contribution in [1.82, 2.24) is 4.90 Å². The van der Waals surface area contributed by atoms with Gasteiger partial charge in [-0.1, -0.05) is 11.6 Å². The Morgan fingerprint density at radius 3 is 3.05 bits per heavy atom. The topological polar surface area (TPSA) is 61.8 Å². The maximum atomic E-state index is 12.1. The zero-order valence-corrected chi connectivity index (χ0v) is 11.5. The predicted molar refractivity (Wildman–Crippen MR) is 73.8 cm³/mol. The molecular weight excluding hydrogens is 268 g/mol. The van der Waals surface area contributed by atoms with E-state index in [-0.39, 0.29) is 6.03 Å². The van der Waals surface area contributed by atoms with E-state index in [2.05, 4.69) is 5.32 Å². The third-order valence-corrected chi connectivity index (χ3v) is 3.32. The summed E-state index contributed by atoms with van der Waals surface area (Å²) in [6.07, 6.45) is 1.10. The Morgan fingerprint density at radius 2 is 2.37 bits per heavy atom. The van der Waals surface area contributed by atoms with Crippen LogP contribution in [0.25, 0.3) is 0 Å². The van der Waals surface area contributed by atoms with Crippen LogP contribution in [-0.2, 0) is 0 Å². The lowest BCUT2D eigenvalue weighted by Gasteiger charge is -2.30. The number of β-amino-alcohol motifs (C(OH)–C–C–N with tert-alkyl or cyclic N) is 1. The molecule has 1 saturated heterocycles. The summed E-state index contributed by atoms with van der Waals surface area (Å²) in [5.41, 5.74) is 0.528. The van der Waals surface area contributed by atoms with Crippen LogP contribution in [0.1, 0.15) is 12.8 Å². The summed E-state index contributed by atoms with van der Waals surface area (Å²) in [5.74, 6) is 0.551. The fourth-order valence-corrected chi connectivity index (χ4v) is 2.28. The molecule has 1 aliphatic heterocycles. The second kappa shape index (κ2) is 6.12. The smallest absolute Gasteiger partial charge is 0.322 e. The monoisotopic (exact) mass is 284 g/mol. The maximum absolute atomic E-state index is 12.1. The van der Waals surface area contributed by atoms with E-state index in [0.29, 0.717) is 29.5 Å². The number of nitrogens with one attached hydrogen (secondary N) is 1. The molecule has 1 aromatic rings. The summed E-state index contributed by atoms with van der Waals surface area (Å²) in [6.45, 7) is 1.00. The van der Waals surface area contributed by atoms with E-state index in [1.807, 2.05) is 0 Å². The molecule has 1 aromatic carbocycles. The molecule has 1 atom stereocenters. The van der Waals surface area contributed by atoms with Crippen molar-refractivity contribution in [3.05, 3.63) is 23.2 Å². The summed E-state index contributed by atoms with van der Waals surface area (Å²) in [7, 11) is 1.53. The molecule has 1 fully saturated rings. The number of aliphatic hydroxyl groups is 1. The third kappa shape index (κ3) is 3.52. The molecule has 0 unspecified atom stereocenters. The number of rotatable bonds is 2. The molecule has 19 heavy (non-hydrogen) atoms. The molecule has 5 nitrogen and oxygen atoms in total. The second-order valence-electron chi connectivity index (χ2n) is 4.52. The number of likely N-dealkylation sites (tertiary alicyclic amines) is 1. The van der Waals surface area contributed by atoms with Crippen molar-refractivity contribution in [3.63, 3.8) is 0 Å². The van der Waals surface area contributed by atoms with E-state index in [9.17, 15) is 9.90 Å². The molecule has 2 N–H and O–H groups in total. The number of piperidine rings is 1. The molecule has 6 heteroatoms. The molecule has 2 amide bonds. The average molecular weight is 285 g/mol. The lowest BCUT2D eigenvalue weighted by atomic mass is 10.1. The molecule has 1 aliphatic rings. The number of hydrogen-bond acceptors (Lipinski definition) is 3. The van der Waals surface area contributed by atoms with Crippen molar-refractivity contribution < 1.29 is 14.6 Å². The standard InChI is InChI=1S/C13H17ClN2O3/c1-19-12-5-4-9(14)7-11(12)15-13(18)16-6-2-3-10(17)8-16/h4-5,7,10,17H,2-3,6,8H2,1H3,(H,15,18)/t10-/m0/s1. The quantitative estimate of drug-likeness (QED) is 0.876. The third-order valence-electron chi connectivity index (χ3n) is 3.09. The minimum atomic E-state index is -0.444. The molecule has 0 aliphatic carbocycles. The fraction of sp³-hybridized carbons (Fsp3) is 0.462. The summed E-state index contributed by atoms with van der Waals surface area (Å²) in [4.78, 5) is 13.7. The number of ether oxygens (including phenoxy) is 1. The first kappa shape index (κ1) is 14.0. The number of urea groups is 1. The van der Waals surface area contributed by atoms with Crippen LogP contribution in [0, 0.1) is 0 Å². The molecule has 1 heterocycles. The van der Waals surface area contributed by atoms with Crippen molar-refractivity contribution in [2.24, 2.45) is 0 Å². The van der Waals surface area contributed by atoms with Gasteiger partial charge in [0, 0.05) is 18.1 Å². The first-order valence-corrected chi connectivity index (χ1v) is 6.55. The molecule has 0 saturated carbocycles. The molecule has 0 spiro atoms. The Labute approximate surface area is 117 Å². The van der Waals surface area contributed by atoms with Gasteiger partial charge in [0.1, 0.15) is 5.75 Å². The number of methoxy groups -OCH3 is 1. The highest BCUT2D eigenvalue weighted by Gasteiger charge is 2.22. The Morgan fingerprint density at radius 1 is 1.58 bits per heavy atom. The lowest BCUT2D eigenvalue weighted by Crippen LogP contribution is -2.44. The van der Waals surface area contributed by atoms with E-state index >= 15 is 0 Å². The summed E-state index contributed by atoms with van der Waals surface area (Å²) in [5, 5.41) is 12.9. The summed E-state index contributed by atoms with van der Waals surface area (Å²) >= 11 is 5.91. The predicted octanol–water partition coefficient (Wildman–Crippen LogP) is 2.34. The highest BCUT2D eigenvalue weighted by molar-refractivity contribution is 6.31. The Kier molecular flexibility index (Phi) is 4.50. The van der Waals surface area contributed by atoms with Crippen molar-refractivity contribution in [2.45, 2.75) is 18.9 Å². The first-order chi connectivity index (χ1) is 9.10. The van der Waals surface area contributed by atoms with Crippen molar-refractivity contribution in [3.8, 4) is 5.75 Å². The van der Waals surface area contributed by atoms with Crippen LogP contribution >= 0.6 is 11.6 Å². The van der Waals surface area contributed by atoms with Crippen molar-refractivity contribution in [1.29, 1.82) is 0 Å². The maximum Gasteiger partial charge on any atom is 0.322 e. The van der Waals surface area contributed by atoms with Gasteiger partial charge in [0.25, 0.3) is 0 Å². The van der Waals surface area contributed by atoms with E-state index in [1.165, 1.54) is 7.11 Å². The number of anilines is 1. The average Bonchev–Trinajstić information content (AvgIpc) is 2.39. The first-order valence-electron chi connectivity index (χ1n) is 6.17. The Hall–Kier alpha value is -1.46. The number of carbonyl (C=O) groups is 1. The molecule has 0 bridgehead atoms. The van der Waals surface area contributed by atoms with Crippen LogP contribution in [0.3, 0.4) is 0 Å². The molecule has 2 rings (SSSR count). The number of carbonyl (C=O) groups excluding carboxylic acids is 1. The molecule has 0 aromatic heterocycles. The van der Waals surface area contributed by atoms with Crippen LogP contribution in [0.15, 0.2) is 18.2 Å². The van der Waals surface area contributed by atoms with Gasteiger partial charge in [-0.15, -0.1) is 0 Å². The van der Waals surface area contributed by atoms with Gasteiger partial charge in [-0.3, -0.25) is 0 Å². The van der Waals surface area contributed by atoms with Gasteiger partial charge in [0.2, 0.25) is 0 Å². The minimum Gasteiger partial charge on any atom is -0.495 e. The van der Waals surface area contributed by atoms with Gasteiger partial charge in [0.15, 0.2) is 0 Å². The van der Waals surface area contributed by atoms with Crippen LogP contribution in [0.4, 0.5) is 10.5 Å². The van der Waals surface area contributed by atoms with Gasteiger partial charge in [-0.2, -0.15) is 0 Å². The van der Waals surface area contributed by atoms with Crippen LogP contribution in [0.2, 0.25) is 5.02 Å². The zero-order valence-electron chi connectivity index (χ0n) is 10.7. The number of amides is 2. The Balaban J connectivity index is 2.07. The number of halogens is 1. The largest absolute Gasteiger partial charge is 0.495 e. The minimum absolute atomic E-state index is 0.251. The summed E-state index contributed by atoms with van der Waals surface area (Å²) < 4.78 is 5.17. The van der Waals surface area contributed by atoms with E-state index in [0.717, 1.165) is 12.8 Å². The fourth-order valence-electron chi connectivity index (χ4n) is 2.11. The zero-order chi connectivity index (χ0) is 13.8. The normalized spacial score (nSPS) is 19.1. The van der Waals surface area contributed by atoms with Crippen LogP contribution in [-0.4, -0.2) is 42.3 Å². The number of benzene rings is 1. The Bertz CT molecular complexity index is 467. The number of aliphatic hydroxyl groups excluding tert-OH is 1. The second-order valence-corrected chi connectivity index (χ2v) is 4.95.